The van der Waals surface area contributed by atoms with Gasteiger partial charge in [0.25, 0.3) is 5.56 Å². The van der Waals surface area contributed by atoms with Crippen molar-refractivity contribution in [2.24, 2.45) is 0 Å². The highest BCUT2D eigenvalue weighted by molar-refractivity contribution is 7.17. The van der Waals surface area contributed by atoms with Crippen molar-refractivity contribution in [2.75, 3.05) is 0 Å². The van der Waals surface area contributed by atoms with Gasteiger partial charge in [0.05, 0.1) is 11.7 Å². The first-order valence-electron chi connectivity index (χ1n) is 7.38. The fraction of sp³-hybridized carbons (Fsp3) is 0.294. The van der Waals surface area contributed by atoms with E-state index in [9.17, 15) is 4.79 Å². The molecule has 0 unspecified atom stereocenters. The lowest BCUT2D eigenvalue weighted by Crippen LogP contribution is -2.23. The molecule has 1 aromatic carbocycles. The molecule has 4 rings (SSSR count). The highest BCUT2D eigenvalue weighted by atomic mass is 32.1. The molecule has 21 heavy (non-hydrogen) atoms. The van der Waals surface area contributed by atoms with Crippen molar-refractivity contribution in [2.45, 2.75) is 31.7 Å². The van der Waals surface area contributed by atoms with E-state index in [0.717, 1.165) is 34.2 Å². The van der Waals surface area contributed by atoms with Crippen LogP contribution >= 0.6 is 11.3 Å². The molecule has 3 aromatic rings. The van der Waals surface area contributed by atoms with Crippen molar-refractivity contribution in [1.29, 1.82) is 0 Å². The molecule has 1 saturated carbocycles. The van der Waals surface area contributed by atoms with Gasteiger partial charge in [-0.05, 0) is 18.4 Å². The van der Waals surface area contributed by atoms with Crippen molar-refractivity contribution < 1.29 is 0 Å². The summed E-state index contributed by atoms with van der Waals surface area (Å²) in [5, 5.41) is 2.83. The van der Waals surface area contributed by atoms with E-state index < -0.39 is 0 Å². The highest BCUT2D eigenvalue weighted by Crippen LogP contribution is 2.32. The molecule has 0 aliphatic heterocycles. The van der Waals surface area contributed by atoms with E-state index in [1.165, 1.54) is 12.8 Å². The van der Waals surface area contributed by atoms with Gasteiger partial charge in [0.15, 0.2) is 0 Å². The summed E-state index contributed by atoms with van der Waals surface area (Å²) in [5.74, 6) is 0. The van der Waals surface area contributed by atoms with Gasteiger partial charge in [0.2, 0.25) is 0 Å². The number of hydrogen-bond donors (Lipinski definition) is 0. The van der Waals surface area contributed by atoms with E-state index in [2.05, 4.69) is 4.98 Å². The third-order valence-corrected chi connectivity index (χ3v) is 5.21. The van der Waals surface area contributed by atoms with Crippen LogP contribution in [0.15, 0.2) is 46.8 Å². The van der Waals surface area contributed by atoms with E-state index in [-0.39, 0.29) is 5.56 Å². The zero-order chi connectivity index (χ0) is 14.2. The zero-order valence-electron chi connectivity index (χ0n) is 11.7. The van der Waals surface area contributed by atoms with Gasteiger partial charge in [-0.3, -0.25) is 9.36 Å². The van der Waals surface area contributed by atoms with E-state index in [1.807, 2.05) is 40.3 Å². The third kappa shape index (κ3) is 2.10. The lowest BCUT2D eigenvalue weighted by molar-refractivity contribution is 0.499. The molecule has 2 aromatic heterocycles. The fourth-order valence-electron chi connectivity index (χ4n) is 3.22. The summed E-state index contributed by atoms with van der Waals surface area (Å²) < 4.78 is 1.86. The number of hydrogen-bond acceptors (Lipinski definition) is 3. The Hall–Kier alpha value is -1.94. The molecule has 1 fully saturated rings. The van der Waals surface area contributed by atoms with Crippen LogP contribution in [0.25, 0.3) is 21.3 Å². The van der Waals surface area contributed by atoms with E-state index in [0.29, 0.717) is 6.04 Å². The summed E-state index contributed by atoms with van der Waals surface area (Å²) in [5.41, 5.74) is 2.22. The molecule has 1 aliphatic rings. The summed E-state index contributed by atoms with van der Waals surface area (Å²) in [6, 6.07) is 10.4. The molecule has 0 amide bonds. The summed E-state index contributed by atoms with van der Waals surface area (Å²) in [6.07, 6.45) is 6.36. The summed E-state index contributed by atoms with van der Waals surface area (Å²) in [4.78, 5) is 18.3. The zero-order valence-corrected chi connectivity index (χ0v) is 12.5. The molecule has 0 radical (unpaired) electrons. The van der Waals surface area contributed by atoms with Crippen LogP contribution in [0.4, 0.5) is 0 Å². The Morgan fingerprint density at radius 2 is 1.90 bits per heavy atom. The Morgan fingerprint density at radius 1 is 1.14 bits per heavy atom. The minimum absolute atomic E-state index is 0.118. The molecule has 0 atom stereocenters. The largest absolute Gasteiger partial charge is 0.296 e. The quantitative estimate of drug-likeness (QED) is 0.709. The van der Waals surface area contributed by atoms with Crippen molar-refractivity contribution in [3.8, 4) is 11.1 Å². The molecule has 0 N–H and O–H groups in total. The molecular weight excluding hydrogens is 280 g/mol. The van der Waals surface area contributed by atoms with E-state index >= 15 is 0 Å². The molecule has 2 heterocycles. The second kappa shape index (κ2) is 5.11. The van der Waals surface area contributed by atoms with Crippen LogP contribution in [0, 0.1) is 0 Å². The molecule has 0 spiro atoms. The maximum atomic E-state index is 12.9. The van der Waals surface area contributed by atoms with Crippen LogP contribution in [-0.2, 0) is 0 Å². The first-order valence-corrected chi connectivity index (χ1v) is 8.26. The SMILES string of the molecule is O=c1c2c(-c3ccccc3)csc2ncn1C1CCCC1. The molecule has 3 nitrogen and oxygen atoms in total. The average molecular weight is 296 g/mol. The maximum absolute atomic E-state index is 12.9. The first-order chi connectivity index (χ1) is 10.3. The Kier molecular flexibility index (Phi) is 3.11. The third-order valence-electron chi connectivity index (χ3n) is 4.32. The predicted octanol–water partition coefficient (Wildman–Crippen LogP) is 4.24. The Bertz CT molecular complexity index is 829. The van der Waals surface area contributed by atoms with E-state index in [4.69, 9.17) is 0 Å². The van der Waals surface area contributed by atoms with Gasteiger partial charge >= 0.3 is 0 Å². The molecule has 4 heteroatoms. The molecule has 0 bridgehead atoms. The molecule has 1 aliphatic carbocycles. The Balaban J connectivity index is 1.94. The second-order valence-corrected chi connectivity index (χ2v) is 6.45. The summed E-state index contributed by atoms with van der Waals surface area (Å²) >= 11 is 1.55. The van der Waals surface area contributed by atoms with Crippen LogP contribution in [0.1, 0.15) is 31.7 Å². The van der Waals surface area contributed by atoms with Crippen molar-refractivity contribution >= 4 is 21.6 Å². The smallest absolute Gasteiger partial charge is 0.262 e. The minimum Gasteiger partial charge on any atom is -0.296 e. The standard InChI is InChI=1S/C17H16N2OS/c20-17-15-14(12-6-2-1-3-7-12)10-21-16(15)18-11-19(17)13-8-4-5-9-13/h1-3,6-7,10-11,13H,4-5,8-9H2. The van der Waals surface area contributed by atoms with Gasteiger partial charge in [-0.1, -0.05) is 43.2 Å². The average Bonchev–Trinajstić information content (AvgIpc) is 3.18. The van der Waals surface area contributed by atoms with Gasteiger partial charge < -0.3 is 0 Å². The summed E-state index contributed by atoms with van der Waals surface area (Å²) in [6.45, 7) is 0. The van der Waals surface area contributed by atoms with Gasteiger partial charge in [0, 0.05) is 17.0 Å². The Morgan fingerprint density at radius 3 is 2.67 bits per heavy atom. The van der Waals surface area contributed by atoms with Gasteiger partial charge in [0.1, 0.15) is 4.83 Å². The van der Waals surface area contributed by atoms with Crippen LogP contribution < -0.4 is 5.56 Å². The lowest BCUT2D eigenvalue weighted by atomic mass is 10.1. The van der Waals surface area contributed by atoms with E-state index in [1.54, 1.807) is 17.7 Å². The maximum Gasteiger partial charge on any atom is 0.262 e. The number of nitrogens with zero attached hydrogens (tertiary/aromatic N) is 2. The minimum atomic E-state index is 0.118. The fourth-order valence-corrected chi connectivity index (χ4v) is 4.12. The van der Waals surface area contributed by atoms with Crippen molar-refractivity contribution in [3.05, 3.63) is 52.4 Å². The van der Waals surface area contributed by atoms with Gasteiger partial charge in [-0.2, -0.15) is 0 Å². The molecule has 106 valence electrons. The highest BCUT2D eigenvalue weighted by Gasteiger charge is 2.20. The number of benzene rings is 1. The van der Waals surface area contributed by atoms with Gasteiger partial charge in [-0.15, -0.1) is 11.3 Å². The monoisotopic (exact) mass is 296 g/mol. The van der Waals surface area contributed by atoms with Crippen LogP contribution in [-0.4, -0.2) is 9.55 Å². The van der Waals surface area contributed by atoms with Crippen LogP contribution in [0.5, 0.6) is 0 Å². The van der Waals surface area contributed by atoms with Crippen LogP contribution in [0.2, 0.25) is 0 Å². The number of aromatic nitrogens is 2. The van der Waals surface area contributed by atoms with Crippen molar-refractivity contribution in [1.82, 2.24) is 9.55 Å². The topological polar surface area (TPSA) is 34.9 Å². The second-order valence-electron chi connectivity index (χ2n) is 5.59. The molecular formula is C17H16N2OS. The molecule has 0 saturated heterocycles. The predicted molar refractivity (Wildman–Crippen MR) is 86.8 cm³/mol. The Labute approximate surface area is 126 Å². The lowest BCUT2D eigenvalue weighted by Gasteiger charge is -2.12. The van der Waals surface area contributed by atoms with Crippen molar-refractivity contribution in [3.63, 3.8) is 0 Å². The van der Waals surface area contributed by atoms with Crippen LogP contribution in [0.3, 0.4) is 0 Å². The first kappa shape index (κ1) is 12.8. The summed E-state index contributed by atoms with van der Waals surface area (Å²) in [7, 11) is 0. The normalized spacial score (nSPS) is 15.8. The number of rotatable bonds is 2. The number of fused-ring (bicyclic) bond motifs is 1. The van der Waals surface area contributed by atoms with Gasteiger partial charge in [-0.25, -0.2) is 4.98 Å². The number of thiophene rings is 1.